The van der Waals surface area contributed by atoms with Crippen molar-refractivity contribution in [2.24, 2.45) is 0 Å². The summed E-state index contributed by atoms with van der Waals surface area (Å²) in [7, 11) is 0. The van der Waals surface area contributed by atoms with Crippen molar-refractivity contribution in [3.63, 3.8) is 0 Å². The van der Waals surface area contributed by atoms with Crippen LogP contribution < -0.4 is 5.73 Å². The van der Waals surface area contributed by atoms with Crippen LogP contribution in [0.1, 0.15) is 5.56 Å². The van der Waals surface area contributed by atoms with E-state index in [1.54, 1.807) is 18.3 Å². The highest BCUT2D eigenvalue weighted by Crippen LogP contribution is 2.30. The number of aromatic nitrogens is 6. The van der Waals surface area contributed by atoms with Crippen molar-refractivity contribution in [3.05, 3.63) is 78.5 Å². The summed E-state index contributed by atoms with van der Waals surface area (Å²) in [4.78, 5) is 22.1. The third-order valence-corrected chi connectivity index (χ3v) is 5.09. The maximum Gasteiger partial charge on any atom is 0.169 e. The molecule has 5 aromatic rings. The van der Waals surface area contributed by atoms with Crippen molar-refractivity contribution in [2.45, 2.75) is 5.88 Å². The first-order valence-corrected chi connectivity index (χ1v) is 9.91. The molecule has 4 heterocycles. The van der Waals surface area contributed by atoms with Crippen LogP contribution in [0.4, 0.5) is 10.2 Å². The number of fused-ring (bicyclic) bond motifs is 1. The Morgan fingerprint density at radius 2 is 1.65 bits per heavy atom. The first-order chi connectivity index (χ1) is 15.1. The largest absolute Gasteiger partial charge is 0.382 e. The Balaban J connectivity index is 1.77. The van der Waals surface area contributed by atoms with Gasteiger partial charge in [-0.3, -0.25) is 9.55 Å². The number of hydrogen-bond acceptors (Lipinski definition) is 6. The summed E-state index contributed by atoms with van der Waals surface area (Å²) >= 11 is 5.95. The van der Waals surface area contributed by atoms with E-state index in [4.69, 9.17) is 27.3 Å². The maximum absolute atomic E-state index is 13.3. The van der Waals surface area contributed by atoms with E-state index in [0.717, 1.165) is 17.4 Å². The monoisotopic (exact) mass is 431 g/mol. The number of alkyl halides is 1. The molecule has 0 fully saturated rings. The lowest BCUT2D eigenvalue weighted by atomic mass is 10.2. The second-order valence-electron chi connectivity index (χ2n) is 6.76. The third kappa shape index (κ3) is 3.47. The van der Waals surface area contributed by atoms with Crippen LogP contribution in [0.3, 0.4) is 0 Å². The normalized spacial score (nSPS) is 11.2. The summed E-state index contributed by atoms with van der Waals surface area (Å²) in [5, 5.41) is 0. The van der Waals surface area contributed by atoms with Crippen molar-refractivity contribution < 1.29 is 4.39 Å². The molecule has 4 aromatic heterocycles. The molecular formula is C22H15ClFN7. The molecule has 0 bridgehead atoms. The Bertz CT molecular complexity index is 1380. The molecule has 0 unspecified atom stereocenters. The van der Waals surface area contributed by atoms with Crippen LogP contribution in [-0.2, 0) is 5.88 Å². The first-order valence-electron chi connectivity index (χ1n) is 9.37. The summed E-state index contributed by atoms with van der Waals surface area (Å²) < 4.78 is 15.2. The van der Waals surface area contributed by atoms with Crippen molar-refractivity contribution in [1.29, 1.82) is 0 Å². The van der Waals surface area contributed by atoms with Crippen molar-refractivity contribution in [3.8, 4) is 28.6 Å². The van der Waals surface area contributed by atoms with Gasteiger partial charge in [-0.2, -0.15) is 0 Å². The lowest BCUT2D eigenvalue weighted by Crippen LogP contribution is -2.04. The molecule has 0 saturated carbocycles. The van der Waals surface area contributed by atoms with E-state index in [0.29, 0.717) is 40.0 Å². The van der Waals surface area contributed by atoms with E-state index >= 15 is 0 Å². The number of pyridine rings is 2. The number of halogens is 2. The molecular weight excluding hydrogens is 417 g/mol. The first kappa shape index (κ1) is 19.1. The molecule has 0 spiro atoms. The summed E-state index contributed by atoms with van der Waals surface area (Å²) in [6.07, 6.45) is 4.25. The minimum atomic E-state index is -0.408. The van der Waals surface area contributed by atoms with Crippen molar-refractivity contribution >= 4 is 28.6 Å². The third-order valence-electron chi connectivity index (χ3n) is 4.78. The quantitative estimate of drug-likeness (QED) is 0.424. The number of anilines is 1. The zero-order valence-corrected chi connectivity index (χ0v) is 16.8. The van der Waals surface area contributed by atoms with Crippen molar-refractivity contribution in [2.75, 3.05) is 5.73 Å². The second kappa shape index (κ2) is 7.73. The predicted molar refractivity (Wildman–Crippen MR) is 117 cm³/mol. The van der Waals surface area contributed by atoms with Gasteiger partial charge in [0.1, 0.15) is 17.0 Å². The predicted octanol–water partition coefficient (Wildman–Crippen LogP) is 4.40. The molecule has 152 valence electrons. The van der Waals surface area contributed by atoms with Crippen LogP contribution in [0.15, 0.2) is 67.1 Å². The van der Waals surface area contributed by atoms with Gasteiger partial charge in [0.15, 0.2) is 17.3 Å². The second-order valence-corrected chi connectivity index (χ2v) is 7.03. The molecule has 0 amide bonds. The molecule has 0 radical (unpaired) electrons. The molecule has 0 aliphatic heterocycles. The van der Waals surface area contributed by atoms with Gasteiger partial charge in [-0.1, -0.05) is 12.1 Å². The average molecular weight is 432 g/mol. The molecule has 0 atom stereocenters. The molecule has 1 aromatic carbocycles. The molecule has 31 heavy (non-hydrogen) atoms. The molecule has 7 nitrogen and oxygen atoms in total. The van der Waals surface area contributed by atoms with Crippen LogP contribution in [0, 0.1) is 5.82 Å². The smallest absolute Gasteiger partial charge is 0.169 e. The highest BCUT2D eigenvalue weighted by Gasteiger charge is 2.20. The average Bonchev–Trinajstić information content (AvgIpc) is 3.18. The minimum Gasteiger partial charge on any atom is -0.382 e. The summed E-state index contributed by atoms with van der Waals surface area (Å²) in [6, 6.07) is 14.3. The van der Waals surface area contributed by atoms with E-state index in [2.05, 4.69) is 15.0 Å². The van der Waals surface area contributed by atoms with Gasteiger partial charge in [0, 0.05) is 24.0 Å². The molecule has 0 aliphatic rings. The molecule has 0 saturated heterocycles. The molecule has 0 aliphatic carbocycles. The number of nitrogen functional groups attached to an aromatic ring is 1. The maximum atomic E-state index is 13.3. The lowest BCUT2D eigenvalue weighted by molar-refractivity contribution is 0.622. The van der Waals surface area contributed by atoms with Crippen molar-refractivity contribution in [1.82, 2.24) is 29.5 Å². The zero-order valence-electron chi connectivity index (χ0n) is 16.1. The standard InChI is InChI=1S/C22H15ClFN7/c23-11-13-1-4-15(5-2-13)31-21-18(30-22(31)19-20(25)27-10-9-26-19)8-7-17(29-21)16-6-3-14(24)12-28-16/h1-10,12H,11H2,(H2,25,27). The van der Waals surface area contributed by atoms with Crippen LogP contribution >= 0.6 is 11.6 Å². The van der Waals surface area contributed by atoms with Gasteiger partial charge >= 0.3 is 0 Å². The highest BCUT2D eigenvalue weighted by molar-refractivity contribution is 6.17. The Morgan fingerprint density at radius 1 is 0.871 bits per heavy atom. The number of nitrogens with zero attached hydrogens (tertiary/aromatic N) is 6. The van der Waals surface area contributed by atoms with Gasteiger partial charge in [0.2, 0.25) is 0 Å². The van der Waals surface area contributed by atoms with Gasteiger partial charge in [-0.15, -0.1) is 11.6 Å². The number of hydrogen-bond donors (Lipinski definition) is 1. The molecule has 9 heteroatoms. The Morgan fingerprint density at radius 3 is 2.35 bits per heavy atom. The van der Waals surface area contributed by atoms with Gasteiger partial charge < -0.3 is 5.73 Å². The number of rotatable bonds is 4. The van der Waals surface area contributed by atoms with E-state index in [-0.39, 0.29) is 5.82 Å². The lowest BCUT2D eigenvalue weighted by Gasteiger charge is -2.10. The van der Waals surface area contributed by atoms with Crippen LogP contribution in [-0.4, -0.2) is 29.5 Å². The minimum absolute atomic E-state index is 0.261. The van der Waals surface area contributed by atoms with E-state index in [9.17, 15) is 4.39 Å². The number of imidazole rings is 1. The fourth-order valence-electron chi connectivity index (χ4n) is 3.29. The van der Waals surface area contributed by atoms with Crippen LogP contribution in [0.2, 0.25) is 0 Å². The van der Waals surface area contributed by atoms with Crippen LogP contribution in [0.5, 0.6) is 0 Å². The van der Waals surface area contributed by atoms with Gasteiger partial charge in [0.05, 0.1) is 17.6 Å². The molecule has 5 rings (SSSR count). The summed E-state index contributed by atoms with van der Waals surface area (Å²) in [5.41, 5.74) is 10.7. The van der Waals surface area contributed by atoms with Gasteiger partial charge in [-0.05, 0) is 42.0 Å². The zero-order chi connectivity index (χ0) is 21.4. The summed E-state index contributed by atoms with van der Waals surface area (Å²) in [6.45, 7) is 0. The Labute approximate surface area is 181 Å². The van der Waals surface area contributed by atoms with E-state index in [1.165, 1.54) is 12.3 Å². The Kier molecular flexibility index (Phi) is 4.76. The number of benzene rings is 1. The number of nitrogens with two attached hydrogens (primary N) is 1. The highest BCUT2D eigenvalue weighted by atomic mass is 35.5. The fourth-order valence-corrected chi connectivity index (χ4v) is 3.46. The summed E-state index contributed by atoms with van der Waals surface area (Å²) in [5.74, 6) is 0.774. The van der Waals surface area contributed by atoms with Crippen LogP contribution in [0.25, 0.3) is 39.8 Å². The van der Waals surface area contributed by atoms with E-state index < -0.39 is 5.82 Å². The topological polar surface area (TPSA) is 95.4 Å². The Hall–Kier alpha value is -3.91. The SMILES string of the molecule is Nc1nccnc1-c1nc2ccc(-c3ccc(F)cn3)nc2n1-c1ccc(CCl)cc1. The molecule has 2 N–H and O–H groups in total. The van der Waals surface area contributed by atoms with E-state index in [1.807, 2.05) is 34.9 Å². The fraction of sp³-hybridized carbons (Fsp3) is 0.0455. The van der Waals surface area contributed by atoms with Gasteiger partial charge in [0.25, 0.3) is 0 Å². The van der Waals surface area contributed by atoms with Gasteiger partial charge in [-0.25, -0.2) is 24.3 Å².